The van der Waals surface area contributed by atoms with Crippen molar-refractivity contribution < 1.29 is 18.7 Å². The van der Waals surface area contributed by atoms with E-state index >= 15 is 0 Å². The van der Waals surface area contributed by atoms with Gasteiger partial charge in [-0.3, -0.25) is 4.57 Å². The smallest absolute Gasteiger partial charge is 0.322 e. The van der Waals surface area contributed by atoms with Crippen LogP contribution in [0.25, 0.3) is 17.1 Å². The highest BCUT2D eigenvalue weighted by molar-refractivity contribution is 9.10. The first-order valence-corrected chi connectivity index (χ1v) is 13.8. The van der Waals surface area contributed by atoms with Gasteiger partial charge in [0.25, 0.3) is 0 Å². The van der Waals surface area contributed by atoms with Crippen molar-refractivity contribution in [1.29, 1.82) is 0 Å². The number of aromatic nitrogens is 3. The highest BCUT2D eigenvalue weighted by Crippen LogP contribution is 2.59. The van der Waals surface area contributed by atoms with E-state index in [0.29, 0.717) is 15.4 Å². The summed E-state index contributed by atoms with van der Waals surface area (Å²) in [4.78, 5) is 23.5. The van der Waals surface area contributed by atoms with Gasteiger partial charge in [-0.05, 0) is 24.6 Å². The number of thioether (sulfide) groups is 1. The molecule has 6 nitrogen and oxygen atoms in total. The molecule has 4 rings (SSSR count). The van der Waals surface area contributed by atoms with Crippen LogP contribution in [0.2, 0.25) is 0 Å². The second kappa shape index (κ2) is 10.1. The average Bonchev–Trinajstić information content (AvgIpc) is 3.03. The van der Waals surface area contributed by atoms with Crippen molar-refractivity contribution in [2.45, 2.75) is 29.7 Å². The van der Waals surface area contributed by atoms with E-state index in [4.69, 9.17) is 10.1 Å². The zero-order chi connectivity index (χ0) is 24.3. The molecule has 2 N–H and O–H groups in total. The van der Waals surface area contributed by atoms with Crippen molar-refractivity contribution in [3.8, 4) is 11.4 Å². The quantitative estimate of drug-likeness (QED) is 0.247. The topological polar surface area (TPSA) is 88.2 Å². The number of hydrogen-bond donors (Lipinski definition) is 2. The Morgan fingerprint density at radius 1 is 1.18 bits per heavy atom. The third-order valence-electron chi connectivity index (χ3n) is 5.31. The molecular formula is C24H22BrFN3O3PS. The lowest BCUT2D eigenvalue weighted by Crippen LogP contribution is -2.16. The van der Waals surface area contributed by atoms with E-state index in [-0.39, 0.29) is 5.56 Å². The summed E-state index contributed by atoms with van der Waals surface area (Å²) < 4.78 is 28.5. The fourth-order valence-electron chi connectivity index (χ4n) is 3.38. The minimum Gasteiger partial charge on any atom is -0.322 e. The molecule has 1 aliphatic rings. The number of halogens is 2. The fourth-order valence-corrected chi connectivity index (χ4v) is 5.60. The number of nitrogens with zero attached hydrogens (tertiary/aromatic N) is 3. The van der Waals surface area contributed by atoms with Crippen molar-refractivity contribution in [1.82, 2.24) is 14.8 Å². The molecule has 34 heavy (non-hydrogen) atoms. The molecule has 1 unspecified atom stereocenters. The summed E-state index contributed by atoms with van der Waals surface area (Å²) in [5.41, 5.74) is 2.69. The van der Waals surface area contributed by atoms with Gasteiger partial charge in [0.1, 0.15) is 0 Å². The average molecular weight is 562 g/mol. The van der Waals surface area contributed by atoms with Gasteiger partial charge in [0.2, 0.25) is 10.6 Å². The van der Waals surface area contributed by atoms with Gasteiger partial charge in [0.05, 0.1) is 0 Å². The van der Waals surface area contributed by atoms with Crippen LogP contribution < -0.4 is 0 Å². The third kappa shape index (κ3) is 5.34. The van der Waals surface area contributed by atoms with Crippen LogP contribution in [0, 0.1) is 0 Å². The molecule has 0 saturated carbocycles. The molecular weight excluding hydrogens is 540 g/mol. The van der Waals surface area contributed by atoms with Gasteiger partial charge in [-0.25, -0.2) is 14.1 Å². The highest BCUT2D eigenvalue weighted by Gasteiger charge is 2.45. The van der Waals surface area contributed by atoms with Gasteiger partial charge < -0.3 is 9.79 Å². The van der Waals surface area contributed by atoms with E-state index in [9.17, 15) is 18.7 Å². The molecule has 1 atom stereocenters. The predicted octanol–water partition coefficient (Wildman–Crippen LogP) is 6.68. The Morgan fingerprint density at radius 2 is 1.94 bits per heavy atom. The number of allylic oxidation sites excluding steroid dienone is 6. The Bertz CT molecular complexity index is 1330. The van der Waals surface area contributed by atoms with Crippen molar-refractivity contribution in [3.05, 3.63) is 94.5 Å². The van der Waals surface area contributed by atoms with Crippen molar-refractivity contribution in [2.24, 2.45) is 0 Å². The SMILES string of the molecule is CC(F)(c1ccc(CSc2nc(-c3ccccc3)n(C3=CC=CC=CC3)n2)cc1Br)P(=O)(O)O. The number of alkyl halides is 1. The van der Waals surface area contributed by atoms with Gasteiger partial charge in [-0.2, -0.15) is 0 Å². The van der Waals surface area contributed by atoms with E-state index in [1.807, 2.05) is 59.3 Å². The molecule has 1 aliphatic carbocycles. The second-order valence-corrected chi connectivity index (χ2v) is 11.5. The normalized spacial score (nSPS) is 15.6. The molecule has 0 amide bonds. The summed E-state index contributed by atoms with van der Waals surface area (Å²) in [6.07, 6.45) is 10.7. The summed E-state index contributed by atoms with van der Waals surface area (Å²) in [5, 5.41) is 2.54. The Morgan fingerprint density at radius 3 is 2.65 bits per heavy atom. The molecule has 10 heteroatoms. The lowest BCUT2D eigenvalue weighted by atomic mass is 10.1. The summed E-state index contributed by atoms with van der Waals surface area (Å²) >= 11 is 4.68. The van der Waals surface area contributed by atoms with Gasteiger partial charge in [0.15, 0.2) is 5.82 Å². The minimum absolute atomic E-state index is 0.0928. The lowest BCUT2D eigenvalue weighted by molar-refractivity contribution is 0.221. The van der Waals surface area contributed by atoms with Crippen LogP contribution in [0.1, 0.15) is 24.5 Å². The molecule has 0 bridgehead atoms. The molecule has 0 spiro atoms. The van der Waals surface area contributed by atoms with Gasteiger partial charge in [-0.15, -0.1) is 5.10 Å². The largest absolute Gasteiger partial charge is 0.366 e. The number of hydrogen-bond acceptors (Lipinski definition) is 4. The maximum atomic E-state index is 14.8. The van der Waals surface area contributed by atoms with E-state index in [1.165, 1.54) is 17.8 Å². The number of rotatable bonds is 7. The lowest BCUT2D eigenvalue weighted by Gasteiger charge is -2.23. The Hall–Kier alpha value is -2.29. The van der Waals surface area contributed by atoms with Crippen LogP contribution in [-0.4, -0.2) is 24.6 Å². The van der Waals surface area contributed by atoms with Crippen LogP contribution in [0.5, 0.6) is 0 Å². The highest BCUT2D eigenvalue weighted by atomic mass is 79.9. The molecule has 3 aromatic rings. The van der Waals surface area contributed by atoms with Crippen LogP contribution in [0.15, 0.2) is 88.5 Å². The molecule has 0 fully saturated rings. The van der Waals surface area contributed by atoms with Crippen molar-refractivity contribution in [2.75, 3.05) is 0 Å². The summed E-state index contributed by atoms with van der Waals surface area (Å²) in [6.45, 7) is 0.885. The van der Waals surface area contributed by atoms with Gasteiger partial charge in [0, 0.05) is 33.5 Å². The minimum atomic E-state index is -4.98. The maximum absolute atomic E-state index is 14.8. The Kier molecular flexibility index (Phi) is 7.40. The van der Waals surface area contributed by atoms with Crippen LogP contribution >= 0.6 is 35.3 Å². The van der Waals surface area contributed by atoms with Crippen LogP contribution in [-0.2, 0) is 15.7 Å². The van der Waals surface area contributed by atoms with Gasteiger partial charge >= 0.3 is 7.60 Å². The monoisotopic (exact) mass is 561 g/mol. The van der Waals surface area contributed by atoms with E-state index < -0.39 is 13.0 Å². The summed E-state index contributed by atoms with van der Waals surface area (Å²) in [6, 6.07) is 14.6. The first-order valence-electron chi connectivity index (χ1n) is 10.4. The molecule has 0 radical (unpaired) electrons. The molecule has 0 aliphatic heterocycles. The van der Waals surface area contributed by atoms with Crippen LogP contribution in [0.4, 0.5) is 4.39 Å². The summed E-state index contributed by atoms with van der Waals surface area (Å²) in [7, 11) is -4.98. The molecule has 1 heterocycles. The van der Waals surface area contributed by atoms with E-state index in [1.54, 1.807) is 12.1 Å². The summed E-state index contributed by atoms with van der Waals surface area (Å²) in [5.74, 6) is 1.24. The maximum Gasteiger partial charge on any atom is 0.366 e. The Labute approximate surface area is 209 Å². The van der Waals surface area contributed by atoms with Crippen molar-refractivity contribution >= 4 is 41.0 Å². The molecule has 2 aromatic carbocycles. The van der Waals surface area contributed by atoms with E-state index in [2.05, 4.69) is 22.0 Å². The molecule has 176 valence electrons. The first-order chi connectivity index (χ1) is 16.2. The van der Waals surface area contributed by atoms with Crippen molar-refractivity contribution in [3.63, 3.8) is 0 Å². The zero-order valence-electron chi connectivity index (χ0n) is 18.2. The zero-order valence-corrected chi connectivity index (χ0v) is 21.5. The first kappa shape index (κ1) is 24.8. The number of benzene rings is 2. The Balaban J connectivity index is 1.60. The standard InChI is InChI=1S/C24H22BrFN3O3PS/c1-24(26,33(30,31)32)20-14-13-17(15-21(20)25)16-34-23-27-22(18-9-5-4-6-10-18)29(28-23)19-11-7-2-3-8-12-19/h2-11,13-15H,12,16H2,1H3,(H2,30,31,32). The fraction of sp³-hybridized carbons (Fsp3) is 0.167. The third-order valence-corrected chi connectivity index (χ3v) is 8.21. The van der Waals surface area contributed by atoms with Gasteiger partial charge in [-0.1, -0.05) is 94.5 Å². The molecule has 0 saturated heterocycles. The molecule has 1 aromatic heterocycles. The second-order valence-electron chi connectivity index (χ2n) is 7.77. The van der Waals surface area contributed by atoms with E-state index in [0.717, 1.165) is 36.0 Å². The van der Waals surface area contributed by atoms with Crippen LogP contribution in [0.3, 0.4) is 0 Å². The predicted molar refractivity (Wildman–Crippen MR) is 137 cm³/mol.